The van der Waals surface area contributed by atoms with Crippen molar-refractivity contribution >= 4 is 15.6 Å². The quantitative estimate of drug-likeness (QED) is 0.360. The van der Waals surface area contributed by atoms with Crippen molar-refractivity contribution < 1.29 is 5.21 Å². The molecule has 2 rings (SSSR count). The standard InChI is InChI=1S/C14H27N2OP/c17-15-11-12-3-1-2-4-13(6-5-12)14-7-9-16(18)10-8-14/h11-14,17H,1-10,18H2/b15-11+. The predicted octanol–water partition coefficient (Wildman–Crippen LogP) is 3.54. The van der Waals surface area contributed by atoms with Crippen LogP contribution in [0.25, 0.3) is 0 Å². The fourth-order valence-corrected chi connectivity index (χ4v) is 3.93. The Kier molecular flexibility index (Phi) is 5.91. The van der Waals surface area contributed by atoms with Crippen molar-refractivity contribution in [2.24, 2.45) is 22.9 Å². The summed E-state index contributed by atoms with van der Waals surface area (Å²) in [6, 6.07) is 0. The van der Waals surface area contributed by atoms with Gasteiger partial charge in [0.25, 0.3) is 0 Å². The summed E-state index contributed by atoms with van der Waals surface area (Å²) in [5.41, 5.74) is 0. The van der Waals surface area contributed by atoms with Crippen LogP contribution in [0.5, 0.6) is 0 Å². The minimum atomic E-state index is 0.514. The highest BCUT2D eigenvalue weighted by atomic mass is 31.0. The maximum Gasteiger partial charge on any atom is 0.0466 e. The number of hydrogen-bond donors (Lipinski definition) is 1. The molecule has 0 aromatic rings. The largest absolute Gasteiger partial charge is 0.411 e. The SMILES string of the molecule is O/N=C/C1CCCCC(C2CCN(P)CC2)CC1. The molecule has 0 aromatic carbocycles. The number of hydrogen-bond acceptors (Lipinski definition) is 3. The molecule has 0 bridgehead atoms. The second-order valence-electron chi connectivity index (χ2n) is 6.02. The normalized spacial score (nSPS) is 33.4. The lowest BCUT2D eigenvalue weighted by Crippen LogP contribution is -2.31. The van der Waals surface area contributed by atoms with Crippen LogP contribution in [0.1, 0.15) is 51.4 Å². The first-order valence-electron chi connectivity index (χ1n) is 7.47. The molecule has 0 spiro atoms. The first-order chi connectivity index (χ1) is 8.79. The molecule has 2 aliphatic rings. The monoisotopic (exact) mass is 270 g/mol. The molecule has 0 amide bonds. The van der Waals surface area contributed by atoms with E-state index in [4.69, 9.17) is 5.21 Å². The maximum atomic E-state index is 8.69. The average molecular weight is 270 g/mol. The molecule has 3 atom stereocenters. The third kappa shape index (κ3) is 4.20. The minimum absolute atomic E-state index is 0.514. The fraction of sp³-hybridized carbons (Fsp3) is 0.929. The summed E-state index contributed by atoms with van der Waals surface area (Å²) in [6.45, 7) is 2.49. The van der Waals surface area contributed by atoms with Crippen LogP contribution < -0.4 is 0 Å². The Morgan fingerprint density at radius 1 is 0.944 bits per heavy atom. The molecular formula is C14H27N2OP. The molecule has 4 heteroatoms. The smallest absolute Gasteiger partial charge is 0.0466 e. The van der Waals surface area contributed by atoms with E-state index in [1.54, 1.807) is 6.21 Å². The summed E-state index contributed by atoms with van der Waals surface area (Å²) < 4.78 is 2.38. The van der Waals surface area contributed by atoms with E-state index < -0.39 is 0 Å². The van der Waals surface area contributed by atoms with Crippen LogP contribution in [0.2, 0.25) is 0 Å². The summed E-state index contributed by atoms with van der Waals surface area (Å²) >= 11 is 0. The third-order valence-electron chi connectivity index (χ3n) is 4.83. The number of piperidine rings is 1. The van der Waals surface area contributed by atoms with Gasteiger partial charge in [-0.25, -0.2) is 0 Å². The summed E-state index contributed by atoms with van der Waals surface area (Å²) in [4.78, 5) is 0. The molecule has 0 radical (unpaired) electrons. The summed E-state index contributed by atoms with van der Waals surface area (Å²) in [7, 11) is 2.84. The first kappa shape index (κ1) is 14.3. The molecule has 3 nitrogen and oxygen atoms in total. The third-order valence-corrected chi connectivity index (χ3v) is 5.34. The van der Waals surface area contributed by atoms with Gasteiger partial charge in [0, 0.05) is 19.3 Å². The number of nitrogens with zero attached hydrogens (tertiary/aromatic N) is 2. The van der Waals surface area contributed by atoms with Crippen molar-refractivity contribution in [3.63, 3.8) is 0 Å². The molecule has 0 aromatic heterocycles. The van der Waals surface area contributed by atoms with Crippen molar-refractivity contribution in [2.75, 3.05) is 13.1 Å². The number of oxime groups is 1. The summed E-state index contributed by atoms with van der Waals surface area (Å²) in [5.74, 6) is 2.37. The van der Waals surface area contributed by atoms with Crippen LogP contribution in [-0.4, -0.2) is 29.2 Å². The molecule has 1 aliphatic heterocycles. The summed E-state index contributed by atoms with van der Waals surface area (Å²) in [6.07, 6.45) is 12.3. The van der Waals surface area contributed by atoms with Gasteiger partial charge in [-0.3, -0.25) is 4.67 Å². The van der Waals surface area contributed by atoms with Crippen LogP contribution in [0.15, 0.2) is 5.16 Å². The van der Waals surface area contributed by atoms with Gasteiger partial charge in [0.1, 0.15) is 0 Å². The zero-order valence-corrected chi connectivity index (χ0v) is 12.5. The fourth-order valence-electron chi connectivity index (χ4n) is 3.64. The maximum absolute atomic E-state index is 8.69. The molecule has 3 unspecified atom stereocenters. The molecule has 18 heavy (non-hydrogen) atoms. The summed E-state index contributed by atoms with van der Waals surface area (Å²) in [5, 5.41) is 11.9. The van der Waals surface area contributed by atoms with Crippen molar-refractivity contribution in [1.29, 1.82) is 0 Å². The van der Waals surface area contributed by atoms with Crippen LogP contribution in [0.3, 0.4) is 0 Å². The Morgan fingerprint density at radius 3 is 2.33 bits per heavy atom. The Hall–Kier alpha value is -0.140. The molecule has 2 fully saturated rings. The van der Waals surface area contributed by atoms with Gasteiger partial charge in [0.05, 0.1) is 0 Å². The molecule has 1 N–H and O–H groups in total. The second kappa shape index (κ2) is 7.45. The molecule has 1 aliphatic carbocycles. The first-order valence-corrected chi connectivity index (χ1v) is 7.98. The van der Waals surface area contributed by atoms with Gasteiger partial charge in [-0.05, 0) is 49.9 Å². The molecule has 1 saturated carbocycles. The van der Waals surface area contributed by atoms with Gasteiger partial charge in [0.2, 0.25) is 0 Å². The van der Waals surface area contributed by atoms with E-state index in [9.17, 15) is 0 Å². The van der Waals surface area contributed by atoms with Crippen LogP contribution in [0, 0.1) is 17.8 Å². The zero-order chi connectivity index (χ0) is 12.8. The second-order valence-corrected chi connectivity index (χ2v) is 6.75. The lowest BCUT2D eigenvalue weighted by atomic mass is 9.76. The minimum Gasteiger partial charge on any atom is -0.411 e. The highest BCUT2D eigenvalue weighted by Gasteiger charge is 2.26. The topological polar surface area (TPSA) is 35.8 Å². The molecular weight excluding hydrogens is 243 g/mol. The Morgan fingerprint density at radius 2 is 1.61 bits per heavy atom. The van der Waals surface area contributed by atoms with Crippen molar-refractivity contribution in [1.82, 2.24) is 4.67 Å². The highest BCUT2D eigenvalue weighted by molar-refractivity contribution is 7.13. The van der Waals surface area contributed by atoms with E-state index in [2.05, 4.69) is 19.2 Å². The lowest BCUT2D eigenvalue weighted by Gasteiger charge is -2.35. The lowest BCUT2D eigenvalue weighted by molar-refractivity contribution is 0.181. The van der Waals surface area contributed by atoms with E-state index in [0.717, 1.165) is 11.8 Å². The van der Waals surface area contributed by atoms with Gasteiger partial charge in [-0.15, -0.1) is 5.16 Å². The molecule has 1 saturated heterocycles. The molecule has 1 heterocycles. The average Bonchev–Trinajstić information content (AvgIpc) is 2.35. The van der Waals surface area contributed by atoms with Crippen LogP contribution >= 0.6 is 9.39 Å². The van der Waals surface area contributed by atoms with Gasteiger partial charge >= 0.3 is 0 Å². The Bertz CT molecular complexity index is 265. The van der Waals surface area contributed by atoms with E-state index in [1.807, 2.05) is 0 Å². The van der Waals surface area contributed by atoms with Crippen LogP contribution in [0.4, 0.5) is 0 Å². The predicted molar refractivity (Wildman–Crippen MR) is 79.0 cm³/mol. The zero-order valence-electron chi connectivity index (χ0n) is 11.3. The van der Waals surface area contributed by atoms with E-state index in [0.29, 0.717) is 5.92 Å². The van der Waals surface area contributed by atoms with E-state index in [1.165, 1.54) is 64.5 Å². The number of rotatable bonds is 2. The Labute approximate surface area is 113 Å². The highest BCUT2D eigenvalue weighted by Crippen LogP contribution is 2.35. The van der Waals surface area contributed by atoms with Gasteiger partial charge in [-0.1, -0.05) is 28.7 Å². The van der Waals surface area contributed by atoms with Crippen molar-refractivity contribution in [2.45, 2.75) is 51.4 Å². The van der Waals surface area contributed by atoms with Crippen molar-refractivity contribution in [3.8, 4) is 0 Å². The van der Waals surface area contributed by atoms with Crippen molar-refractivity contribution in [3.05, 3.63) is 0 Å². The van der Waals surface area contributed by atoms with Gasteiger partial charge in [-0.2, -0.15) is 0 Å². The Balaban J connectivity index is 1.84. The van der Waals surface area contributed by atoms with Gasteiger partial charge in [0.15, 0.2) is 0 Å². The van der Waals surface area contributed by atoms with Crippen LogP contribution in [-0.2, 0) is 0 Å². The molecule has 104 valence electrons. The van der Waals surface area contributed by atoms with E-state index >= 15 is 0 Å². The van der Waals surface area contributed by atoms with Gasteiger partial charge < -0.3 is 5.21 Å². The van der Waals surface area contributed by atoms with E-state index in [-0.39, 0.29) is 0 Å².